The van der Waals surface area contributed by atoms with Crippen LogP contribution in [0, 0.1) is 0 Å². The summed E-state index contributed by atoms with van der Waals surface area (Å²) in [4.78, 5) is 4.89. The van der Waals surface area contributed by atoms with E-state index in [1.54, 1.807) is 18.7 Å². The third-order valence-electron chi connectivity index (χ3n) is 2.78. The molecule has 6 nitrogen and oxygen atoms in total. The van der Waals surface area contributed by atoms with Gasteiger partial charge in [-0.3, -0.25) is 0 Å². The summed E-state index contributed by atoms with van der Waals surface area (Å²) >= 11 is 1.49. The Morgan fingerprint density at radius 1 is 1.21 bits per heavy atom. The van der Waals surface area contributed by atoms with Gasteiger partial charge in [0.2, 0.25) is 10.9 Å². The molecule has 0 saturated carbocycles. The number of ether oxygens (including phenoxy) is 2. The van der Waals surface area contributed by atoms with Crippen molar-refractivity contribution in [2.75, 3.05) is 20.0 Å². The number of benzene rings is 1. The summed E-state index contributed by atoms with van der Waals surface area (Å²) in [5.74, 6) is 1.64. The van der Waals surface area contributed by atoms with Gasteiger partial charge in [-0.25, -0.2) is 4.52 Å². The van der Waals surface area contributed by atoms with Gasteiger partial charge in [-0.2, -0.15) is 4.98 Å². The first-order valence-corrected chi connectivity index (χ1v) is 6.43. The molecular formula is C12H12N4O2S. The number of nitrogens with two attached hydrogens (primary N) is 1. The van der Waals surface area contributed by atoms with Crippen molar-refractivity contribution >= 4 is 22.2 Å². The maximum absolute atomic E-state index is 5.60. The Balaban J connectivity index is 2.15. The lowest BCUT2D eigenvalue weighted by Gasteiger charge is -2.08. The Morgan fingerprint density at radius 2 is 2.00 bits per heavy atom. The van der Waals surface area contributed by atoms with Crippen molar-refractivity contribution in [1.82, 2.24) is 14.6 Å². The van der Waals surface area contributed by atoms with Crippen molar-refractivity contribution in [2.45, 2.75) is 0 Å². The molecule has 3 aromatic rings. The molecule has 19 heavy (non-hydrogen) atoms. The highest BCUT2D eigenvalue weighted by Gasteiger charge is 2.12. The number of anilines is 1. The number of rotatable bonds is 3. The quantitative estimate of drug-likeness (QED) is 0.792. The molecule has 0 bridgehead atoms. The number of thiazole rings is 1. The average molecular weight is 276 g/mol. The van der Waals surface area contributed by atoms with Crippen LogP contribution in [0.5, 0.6) is 11.5 Å². The number of methoxy groups -OCH3 is 2. The van der Waals surface area contributed by atoms with Crippen molar-refractivity contribution < 1.29 is 9.47 Å². The minimum Gasteiger partial charge on any atom is -0.493 e. The van der Waals surface area contributed by atoms with Crippen LogP contribution in [0.3, 0.4) is 0 Å². The minimum absolute atomic E-state index is 0.272. The molecule has 0 aliphatic heterocycles. The Labute approximate surface area is 113 Å². The van der Waals surface area contributed by atoms with E-state index in [-0.39, 0.29) is 5.95 Å². The second-order valence-corrected chi connectivity index (χ2v) is 4.69. The normalized spacial score (nSPS) is 10.8. The van der Waals surface area contributed by atoms with Crippen LogP contribution in [0.2, 0.25) is 0 Å². The lowest BCUT2D eigenvalue weighted by molar-refractivity contribution is 0.355. The maximum Gasteiger partial charge on any atom is 0.241 e. The number of aromatic nitrogens is 3. The van der Waals surface area contributed by atoms with Gasteiger partial charge < -0.3 is 15.2 Å². The molecule has 0 aliphatic rings. The van der Waals surface area contributed by atoms with Gasteiger partial charge in [0.15, 0.2) is 11.5 Å². The molecular weight excluding hydrogens is 264 g/mol. The lowest BCUT2D eigenvalue weighted by Crippen LogP contribution is -1.93. The van der Waals surface area contributed by atoms with E-state index in [4.69, 9.17) is 15.2 Å². The summed E-state index contributed by atoms with van der Waals surface area (Å²) < 4.78 is 12.2. The molecule has 0 fully saturated rings. The Kier molecular flexibility index (Phi) is 2.75. The molecule has 0 spiro atoms. The van der Waals surface area contributed by atoms with Gasteiger partial charge in [-0.05, 0) is 18.2 Å². The fourth-order valence-corrected chi connectivity index (χ4v) is 2.73. The molecule has 0 saturated heterocycles. The highest BCUT2D eigenvalue weighted by molar-refractivity contribution is 7.15. The number of fused-ring (bicyclic) bond motifs is 1. The fraction of sp³-hybridized carbons (Fsp3) is 0.167. The number of nitrogens with zero attached hydrogens (tertiary/aromatic N) is 3. The highest BCUT2D eigenvalue weighted by Crippen LogP contribution is 2.33. The summed E-state index contributed by atoms with van der Waals surface area (Å²) in [6.07, 6.45) is 0. The van der Waals surface area contributed by atoms with Gasteiger partial charge in [0.1, 0.15) is 0 Å². The van der Waals surface area contributed by atoms with Crippen molar-refractivity contribution in [1.29, 1.82) is 0 Å². The van der Waals surface area contributed by atoms with E-state index in [2.05, 4.69) is 10.1 Å². The number of hydrogen-bond donors (Lipinski definition) is 1. The van der Waals surface area contributed by atoms with Crippen molar-refractivity contribution in [3.63, 3.8) is 0 Å². The average Bonchev–Trinajstić information content (AvgIpc) is 2.96. The Hall–Kier alpha value is -2.28. The van der Waals surface area contributed by atoms with Crippen LogP contribution in [0.15, 0.2) is 23.6 Å². The molecule has 0 aliphatic carbocycles. The standard InChI is InChI=1S/C12H12N4O2S/c1-17-9-4-3-7(5-10(9)18-2)8-6-19-12-14-11(13)15-16(8)12/h3-6H,1-2H3,(H2,13,15). The summed E-state index contributed by atoms with van der Waals surface area (Å²) in [7, 11) is 3.22. The zero-order chi connectivity index (χ0) is 13.4. The van der Waals surface area contributed by atoms with Crippen molar-refractivity contribution in [3.8, 4) is 22.8 Å². The lowest BCUT2D eigenvalue weighted by atomic mass is 10.1. The van der Waals surface area contributed by atoms with Crippen LogP contribution < -0.4 is 15.2 Å². The van der Waals surface area contributed by atoms with Crippen LogP contribution >= 0.6 is 11.3 Å². The zero-order valence-corrected chi connectivity index (χ0v) is 11.3. The fourth-order valence-electron chi connectivity index (χ4n) is 1.89. The molecule has 0 radical (unpaired) electrons. The number of hydrogen-bond acceptors (Lipinski definition) is 6. The SMILES string of the molecule is COc1ccc(-c2csc3nc(N)nn23)cc1OC. The van der Waals surface area contributed by atoms with Gasteiger partial charge in [-0.15, -0.1) is 16.4 Å². The van der Waals surface area contributed by atoms with Crippen LogP contribution in [0.4, 0.5) is 5.95 Å². The monoisotopic (exact) mass is 276 g/mol. The van der Waals surface area contributed by atoms with E-state index in [9.17, 15) is 0 Å². The van der Waals surface area contributed by atoms with E-state index in [1.165, 1.54) is 11.3 Å². The summed E-state index contributed by atoms with van der Waals surface area (Å²) in [6, 6.07) is 5.71. The maximum atomic E-state index is 5.60. The van der Waals surface area contributed by atoms with Crippen LogP contribution in [-0.2, 0) is 0 Å². The van der Waals surface area contributed by atoms with E-state index in [0.717, 1.165) is 16.2 Å². The first kappa shape index (κ1) is 11.8. The van der Waals surface area contributed by atoms with E-state index in [1.807, 2.05) is 23.6 Å². The predicted octanol–water partition coefficient (Wildman–Crippen LogP) is 2.06. The Bertz CT molecular complexity index is 734. The van der Waals surface area contributed by atoms with Gasteiger partial charge in [0, 0.05) is 10.9 Å². The first-order chi connectivity index (χ1) is 9.22. The third-order valence-corrected chi connectivity index (χ3v) is 3.59. The van der Waals surface area contributed by atoms with Gasteiger partial charge in [-0.1, -0.05) is 0 Å². The molecule has 0 unspecified atom stereocenters. The first-order valence-electron chi connectivity index (χ1n) is 5.55. The molecule has 2 N–H and O–H groups in total. The van der Waals surface area contributed by atoms with Crippen LogP contribution in [0.25, 0.3) is 16.2 Å². The van der Waals surface area contributed by atoms with Crippen molar-refractivity contribution in [3.05, 3.63) is 23.6 Å². The van der Waals surface area contributed by atoms with Crippen LogP contribution in [-0.4, -0.2) is 28.8 Å². The van der Waals surface area contributed by atoms with Gasteiger partial charge >= 0.3 is 0 Å². The van der Waals surface area contributed by atoms with Crippen molar-refractivity contribution in [2.24, 2.45) is 0 Å². The van der Waals surface area contributed by atoms with E-state index >= 15 is 0 Å². The molecule has 2 heterocycles. The van der Waals surface area contributed by atoms with Gasteiger partial charge in [0.05, 0.1) is 19.9 Å². The van der Waals surface area contributed by atoms with Crippen LogP contribution in [0.1, 0.15) is 0 Å². The molecule has 7 heteroatoms. The Morgan fingerprint density at radius 3 is 2.74 bits per heavy atom. The highest BCUT2D eigenvalue weighted by atomic mass is 32.1. The smallest absolute Gasteiger partial charge is 0.241 e. The van der Waals surface area contributed by atoms with E-state index < -0.39 is 0 Å². The molecule has 2 aromatic heterocycles. The molecule has 98 valence electrons. The summed E-state index contributed by atoms with van der Waals surface area (Å²) in [5.41, 5.74) is 7.49. The summed E-state index contributed by atoms with van der Waals surface area (Å²) in [6.45, 7) is 0. The zero-order valence-electron chi connectivity index (χ0n) is 10.5. The largest absolute Gasteiger partial charge is 0.493 e. The molecule has 3 rings (SSSR count). The minimum atomic E-state index is 0.272. The number of nitrogen functional groups attached to an aromatic ring is 1. The molecule has 0 amide bonds. The second-order valence-electron chi connectivity index (χ2n) is 3.86. The van der Waals surface area contributed by atoms with E-state index in [0.29, 0.717) is 11.5 Å². The third kappa shape index (κ3) is 1.88. The molecule has 0 atom stereocenters. The predicted molar refractivity (Wildman–Crippen MR) is 73.8 cm³/mol. The topological polar surface area (TPSA) is 74.7 Å². The van der Waals surface area contributed by atoms with Gasteiger partial charge in [0.25, 0.3) is 0 Å². The molecule has 1 aromatic carbocycles. The summed E-state index contributed by atoms with van der Waals surface area (Å²) in [5, 5.41) is 6.15. The second kappa shape index (κ2) is 4.43.